The van der Waals surface area contributed by atoms with Gasteiger partial charge < -0.3 is 5.11 Å². The van der Waals surface area contributed by atoms with Crippen molar-refractivity contribution in [1.82, 2.24) is 4.98 Å². The molecule has 0 atom stereocenters. The van der Waals surface area contributed by atoms with Gasteiger partial charge >= 0.3 is 188 Å². The second-order valence-electron chi connectivity index (χ2n) is 15.1. The smallest absolute Gasteiger partial charge is 0 e. The fourth-order valence-corrected chi connectivity index (χ4v) is 10.1. The zero-order valence-electron chi connectivity index (χ0n) is 30.4. The van der Waals surface area contributed by atoms with Crippen LogP contribution in [0.3, 0.4) is 0 Å². The summed E-state index contributed by atoms with van der Waals surface area (Å²) in [5.41, 5.74) is 4.64. The van der Waals surface area contributed by atoms with E-state index >= 15 is 0 Å². The molecule has 1 aliphatic heterocycles. The first kappa shape index (κ1) is 39.0. The van der Waals surface area contributed by atoms with Gasteiger partial charge in [0.2, 0.25) is 0 Å². The predicted octanol–water partition coefficient (Wildman–Crippen LogP) is 11.3. The van der Waals surface area contributed by atoms with Gasteiger partial charge in [-0.2, -0.15) is 0 Å². The fraction of sp³-hybridized carbons (Fsp3) is 0.463. The van der Waals surface area contributed by atoms with Gasteiger partial charge in [-0.05, 0) is 25.7 Å². The second-order valence-corrected chi connectivity index (χ2v) is 25.7. The van der Waals surface area contributed by atoms with Gasteiger partial charge in [0.1, 0.15) is 0 Å². The van der Waals surface area contributed by atoms with Crippen molar-refractivity contribution in [1.29, 1.82) is 0 Å². The summed E-state index contributed by atoms with van der Waals surface area (Å²) in [5.74, 6) is 9.82. The summed E-state index contributed by atoms with van der Waals surface area (Å²) in [4.78, 5) is 16.6. The predicted molar refractivity (Wildman–Crippen MR) is 198 cm³/mol. The molecule has 0 spiro atoms. The zero-order chi connectivity index (χ0) is 34.0. The SMILES string of the molecule is CCC(CC)C(=O)/C=C(\O)C(CC)CC.Cc1c[c]([Ge]([CH3])([CH3])[CH3])c2ccnc3c2c1Oc1c-3[c-]c2ccccc2c1CC(C)(C)C.[Ir]. The molecule has 0 fully saturated rings. The standard InChI is InChI=1S/C28H30GeNO.C13H24O2.Ir/c1-17-14-23(29(5,6)7)20-12-13-30-25-21-15-18-10-8-9-11-19(18)22(16-28(2,3)4)27(21)31-26(17)24(20)25;1-5-10(6-2)12(14)9-13(15)11(7-3)8-4;/h8-14H,16H2,1-7H3;9-11,14H,5-8H2,1-4H3;/q-1;;/b;12-9-;. The largest absolute Gasteiger partial charge is 0 e. The van der Waals surface area contributed by atoms with Crippen molar-refractivity contribution in [3.05, 3.63) is 71.6 Å². The molecular weight excluding hydrogens is 819 g/mol. The van der Waals surface area contributed by atoms with Crippen LogP contribution in [0.1, 0.15) is 85.3 Å². The molecule has 0 bridgehead atoms. The van der Waals surface area contributed by atoms with E-state index in [2.05, 4.69) is 87.4 Å². The Balaban J connectivity index is 0.000000322. The maximum absolute atomic E-state index is 11.7. The molecule has 0 saturated heterocycles. The molecule has 0 aliphatic carbocycles. The van der Waals surface area contributed by atoms with Crippen LogP contribution in [0.4, 0.5) is 0 Å². The molecule has 47 heavy (non-hydrogen) atoms. The molecule has 0 amide bonds. The van der Waals surface area contributed by atoms with Gasteiger partial charge in [-0.1, -0.05) is 27.7 Å². The molecule has 1 radical (unpaired) electrons. The number of carbonyl (C=O) groups is 1. The number of carbonyl (C=O) groups excluding carboxylic acids is 1. The van der Waals surface area contributed by atoms with Crippen LogP contribution < -0.4 is 9.13 Å². The van der Waals surface area contributed by atoms with Crippen LogP contribution >= 0.6 is 0 Å². The molecule has 0 unspecified atom stereocenters. The maximum Gasteiger partial charge on any atom is 0 e. The summed E-state index contributed by atoms with van der Waals surface area (Å²) in [7, 11) is 0. The number of allylic oxidation sites excluding steroid dienone is 2. The normalized spacial score (nSPS) is 12.8. The number of nitrogens with zero attached hydrogens (tertiary/aromatic N) is 1. The van der Waals surface area contributed by atoms with Crippen molar-refractivity contribution in [2.75, 3.05) is 0 Å². The van der Waals surface area contributed by atoms with Gasteiger partial charge in [-0.15, -0.1) is 0 Å². The molecule has 2 heterocycles. The van der Waals surface area contributed by atoms with Crippen molar-refractivity contribution >= 4 is 45.0 Å². The minimum atomic E-state index is -2.08. The van der Waals surface area contributed by atoms with Crippen LogP contribution in [0, 0.1) is 30.2 Å². The Kier molecular flexibility index (Phi) is 13.1. The minimum absolute atomic E-state index is 0. The summed E-state index contributed by atoms with van der Waals surface area (Å²) in [6.45, 7) is 17.1. The Bertz CT molecular complexity index is 1760. The van der Waals surface area contributed by atoms with Crippen molar-refractivity contribution in [2.24, 2.45) is 17.3 Å². The first-order valence-corrected chi connectivity index (χ1v) is 24.5. The monoisotopic (exact) mass is 875 g/mol. The fourth-order valence-electron chi connectivity index (χ4n) is 6.60. The summed E-state index contributed by atoms with van der Waals surface area (Å²) >= 11 is -2.08. The summed E-state index contributed by atoms with van der Waals surface area (Å²) in [5, 5.41) is 14.6. The summed E-state index contributed by atoms with van der Waals surface area (Å²) < 4.78 is 8.30. The molecule has 4 aromatic rings. The maximum atomic E-state index is 11.7. The molecule has 1 N–H and O–H groups in total. The van der Waals surface area contributed by atoms with Crippen molar-refractivity contribution in [2.45, 2.75) is 105 Å². The third-order valence-corrected chi connectivity index (χ3v) is 13.5. The number of aliphatic hydroxyl groups excluding tert-OH is 1. The van der Waals surface area contributed by atoms with E-state index in [-0.39, 0.29) is 48.9 Å². The first-order valence-electron chi connectivity index (χ1n) is 17.2. The minimum Gasteiger partial charge on any atom is 0 e. The summed E-state index contributed by atoms with van der Waals surface area (Å²) in [6, 6.07) is 16.8. The van der Waals surface area contributed by atoms with E-state index in [0.717, 1.165) is 60.2 Å². The average Bonchev–Trinajstić information content (AvgIpc) is 2.99. The molecule has 0 saturated carbocycles. The topological polar surface area (TPSA) is 59.4 Å². The molecule has 1 aromatic heterocycles. The molecule has 5 rings (SSSR count). The van der Waals surface area contributed by atoms with Crippen LogP contribution in [-0.4, -0.2) is 29.1 Å². The van der Waals surface area contributed by atoms with E-state index in [0.29, 0.717) is 0 Å². The number of fused-ring (bicyclic) bond motifs is 3. The molecule has 6 heteroatoms. The van der Waals surface area contributed by atoms with Gasteiger partial charge in [-0.25, -0.2) is 0 Å². The number of hydrogen-bond donors (Lipinski definition) is 1. The second kappa shape index (κ2) is 15.8. The van der Waals surface area contributed by atoms with Crippen molar-refractivity contribution < 1.29 is 34.7 Å². The molecular formula is C41H54GeIrNO3-. The van der Waals surface area contributed by atoms with Gasteiger partial charge in [0.05, 0.1) is 5.76 Å². The molecule has 4 nitrogen and oxygen atoms in total. The van der Waals surface area contributed by atoms with Gasteiger partial charge in [-0.3, -0.25) is 4.79 Å². The van der Waals surface area contributed by atoms with Crippen LogP contribution in [0.15, 0.2) is 54.4 Å². The number of ketones is 1. The molecule has 1 aliphatic rings. The van der Waals surface area contributed by atoms with Gasteiger partial charge in [0.15, 0.2) is 5.78 Å². The third kappa shape index (κ3) is 8.58. The van der Waals surface area contributed by atoms with E-state index in [9.17, 15) is 9.90 Å². The number of ether oxygens (including phenoxy) is 1. The van der Waals surface area contributed by atoms with Crippen LogP contribution in [0.5, 0.6) is 11.5 Å². The Morgan fingerprint density at radius 1 is 0.957 bits per heavy atom. The van der Waals surface area contributed by atoms with Gasteiger partial charge in [0, 0.05) is 38.0 Å². The molecule has 3 aromatic carbocycles. The number of hydrogen-bond acceptors (Lipinski definition) is 4. The van der Waals surface area contributed by atoms with E-state index in [1.54, 1.807) is 0 Å². The first-order chi connectivity index (χ1) is 21.6. The van der Waals surface area contributed by atoms with Crippen LogP contribution in [-0.2, 0) is 31.3 Å². The van der Waals surface area contributed by atoms with E-state index in [4.69, 9.17) is 9.72 Å². The Labute approximate surface area is 299 Å². The Morgan fingerprint density at radius 3 is 2.15 bits per heavy atom. The van der Waals surface area contributed by atoms with E-state index in [1.807, 2.05) is 33.9 Å². The Hall–Kier alpha value is -2.47. The Morgan fingerprint density at radius 2 is 1.57 bits per heavy atom. The summed E-state index contributed by atoms with van der Waals surface area (Å²) in [6.07, 6.45) is 7.81. The van der Waals surface area contributed by atoms with Crippen molar-refractivity contribution in [3.8, 4) is 22.8 Å². The molecule has 255 valence electrons. The van der Waals surface area contributed by atoms with Crippen LogP contribution in [0.2, 0.25) is 17.3 Å². The quantitative estimate of drug-likeness (QED) is 0.0694. The third-order valence-electron chi connectivity index (χ3n) is 9.24. The van der Waals surface area contributed by atoms with E-state index in [1.165, 1.54) is 37.8 Å². The zero-order valence-corrected chi connectivity index (χ0v) is 34.8. The van der Waals surface area contributed by atoms with Gasteiger partial charge in [0.25, 0.3) is 0 Å². The number of aliphatic hydroxyl groups is 1. The number of rotatable bonds is 9. The number of pyridine rings is 1. The number of benzene rings is 3. The van der Waals surface area contributed by atoms with E-state index < -0.39 is 13.3 Å². The van der Waals surface area contributed by atoms with Crippen molar-refractivity contribution in [3.63, 3.8) is 0 Å². The van der Waals surface area contributed by atoms with Crippen LogP contribution in [0.25, 0.3) is 32.8 Å². The number of aryl methyl sites for hydroxylation is 1. The number of aromatic nitrogens is 1. The average molecular weight is 874 g/mol.